The fourth-order valence-corrected chi connectivity index (χ4v) is 6.24. The summed E-state index contributed by atoms with van der Waals surface area (Å²) in [6, 6.07) is 8.36. The molecule has 3 aromatic rings. The van der Waals surface area contributed by atoms with Gasteiger partial charge in [0.1, 0.15) is 23.3 Å². The number of imidazole rings is 2. The number of rotatable bonds is 10. The molecule has 1 unspecified atom stereocenters. The van der Waals surface area contributed by atoms with E-state index in [-0.39, 0.29) is 23.5 Å². The van der Waals surface area contributed by atoms with E-state index < -0.39 is 5.60 Å². The topological polar surface area (TPSA) is 120 Å². The Morgan fingerprint density at radius 3 is 2.12 bits per heavy atom. The van der Waals surface area contributed by atoms with Crippen LogP contribution in [0.5, 0.6) is 0 Å². The number of nitrogens with zero attached hydrogens (tertiary/aromatic N) is 5. The number of piperidine rings is 1. The molecule has 0 radical (unpaired) electrons. The summed E-state index contributed by atoms with van der Waals surface area (Å²) in [5.41, 5.74) is 1.81. The lowest BCUT2D eigenvalue weighted by molar-refractivity contribution is -0.148. The summed E-state index contributed by atoms with van der Waals surface area (Å²) in [4.78, 5) is 47.3. The molecule has 11 nitrogen and oxygen atoms in total. The number of nitrogens with one attached hydrogen (secondary N) is 2. The van der Waals surface area contributed by atoms with E-state index >= 15 is 0 Å². The van der Waals surface area contributed by atoms with Gasteiger partial charge in [-0.1, -0.05) is 24.3 Å². The van der Waals surface area contributed by atoms with Crippen molar-refractivity contribution in [2.24, 2.45) is 5.41 Å². The second-order valence-corrected chi connectivity index (χ2v) is 12.9. The molecule has 1 aromatic carbocycles. The fourth-order valence-electron chi connectivity index (χ4n) is 6.24. The number of aromatic amines is 2. The SMILES string of the molecule is CCOC(=O)C1CC2(CCN(C(=O)OC(C)(C)C)CC2)CN1Cc1ccc(CN(Cc2ncc[nH]2)Cc2ncc[nH]2)cc1. The van der Waals surface area contributed by atoms with Gasteiger partial charge in [0.05, 0.1) is 19.7 Å². The largest absolute Gasteiger partial charge is 0.465 e. The second-order valence-electron chi connectivity index (χ2n) is 12.9. The summed E-state index contributed by atoms with van der Waals surface area (Å²) in [7, 11) is 0. The van der Waals surface area contributed by atoms with Crippen LogP contribution in [0.1, 0.15) is 69.7 Å². The summed E-state index contributed by atoms with van der Waals surface area (Å²) in [5, 5.41) is 0. The normalized spacial score (nSPS) is 18.8. The van der Waals surface area contributed by atoms with Gasteiger partial charge in [0, 0.05) is 57.5 Å². The Hall–Kier alpha value is -3.70. The van der Waals surface area contributed by atoms with Crippen LogP contribution in [0, 0.1) is 5.41 Å². The van der Waals surface area contributed by atoms with Crippen molar-refractivity contribution in [3.05, 3.63) is 71.8 Å². The molecule has 2 aliphatic rings. The third kappa shape index (κ3) is 8.23. The third-order valence-electron chi connectivity index (χ3n) is 8.31. The summed E-state index contributed by atoms with van der Waals surface area (Å²) in [6.07, 6.45) is 9.40. The first-order valence-corrected chi connectivity index (χ1v) is 15.3. The van der Waals surface area contributed by atoms with Gasteiger partial charge in [-0.2, -0.15) is 0 Å². The van der Waals surface area contributed by atoms with Gasteiger partial charge in [-0.15, -0.1) is 0 Å². The molecule has 0 aliphatic carbocycles. The van der Waals surface area contributed by atoms with Gasteiger partial charge in [-0.3, -0.25) is 14.6 Å². The standard InChI is InChI=1S/C32H45N7O4/c1-5-42-29(40)26-18-32(10-16-38(17-11-32)30(41)43-31(2,3)4)23-39(26)20-25-8-6-24(7-9-25)19-37(21-27-33-12-13-34-27)22-28-35-14-15-36-28/h6-9,12-15,26H,5,10-11,16-23H2,1-4H3,(H,33,34)(H,35,36). The molecule has 2 N–H and O–H groups in total. The Morgan fingerprint density at radius 1 is 0.977 bits per heavy atom. The maximum atomic E-state index is 13.1. The van der Waals surface area contributed by atoms with Gasteiger partial charge >= 0.3 is 12.1 Å². The number of amides is 1. The van der Waals surface area contributed by atoms with Crippen LogP contribution in [0.25, 0.3) is 0 Å². The Kier molecular flexibility index (Phi) is 9.51. The third-order valence-corrected chi connectivity index (χ3v) is 8.31. The zero-order chi connectivity index (χ0) is 30.5. The molecule has 2 fully saturated rings. The summed E-state index contributed by atoms with van der Waals surface area (Å²) in [5.74, 6) is 1.67. The Labute approximate surface area is 254 Å². The molecule has 1 atom stereocenters. The maximum absolute atomic E-state index is 13.1. The molecule has 2 saturated heterocycles. The Balaban J connectivity index is 1.23. The van der Waals surface area contributed by atoms with Crippen molar-refractivity contribution < 1.29 is 19.1 Å². The summed E-state index contributed by atoms with van der Waals surface area (Å²) < 4.78 is 11.1. The maximum Gasteiger partial charge on any atom is 0.410 e. The van der Waals surface area contributed by atoms with E-state index in [1.807, 2.05) is 40.1 Å². The minimum Gasteiger partial charge on any atom is -0.465 e. The van der Waals surface area contributed by atoms with Crippen molar-refractivity contribution in [3.8, 4) is 0 Å². The molecule has 0 saturated carbocycles. The van der Waals surface area contributed by atoms with E-state index in [1.165, 1.54) is 5.56 Å². The molecule has 5 rings (SSSR count). The molecular weight excluding hydrogens is 546 g/mol. The lowest BCUT2D eigenvalue weighted by atomic mass is 9.76. The minimum absolute atomic E-state index is 0.0198. The second kappa shape index (κ2) is 13.3. The lowest BCUT2D eigenvalue weighted by Crippen LogP contribution is -2.46. The highest BCUT2D eigenvalue weighted by Crippen LogP contribution is 2.44. The van der Waals surface area contributed by atoms with Crippen LogP contribution >= 0.6 is 0 Å². The monoisotopic (exact) mass is 591 g/mol. The predicted octanol–water partition coefficient (Wildman–Crippen LogP) is 4.49. The van der Waals surface area contributed by atoms with Crippen LogP contribution < -0.4 is 0 Å². The number of carbonyl (C=O) groups is 2. The molecular formula is C32H45N7O4. The molecule has 2 aliphatic heterocycles. The first-order valence-electron chi connectivity index (χ1n) is 15.3. The molecule has 43 heavy (non-hydrogen) atoms. The van der Waals surface area contributed by atoms with Gasteiger partial charge in [-0.05, 0) is 63.5 Å². The first kappa shape index (κ1) is 30.7. The number of benzene rings is 1. The smallest absolute Gasteiger partial charge is 0.410 e. The highest BCUT2D eigenvalue weighted by Gasteiger charge is 2.49. The van der Waals surface area contributed by atoms with Crippen LogP contribution in [0.2, 0.25) is 0 Å². The van der Waals surface area contributed by atoms with Crippen LogP contribution in [-0.2, 0) is 40.4 Å². The number of esters is 1. The number of hydrogen-bond acceptors (Lipinski definition) is 8. The average molecular weight is 592 g/mol. The van der Waals surface area contributed by atoms with Crippen molar-refractivity contribution in [2.45, 2.75) is 84.8 Å². The van der Waals surface area contributed by atoms with Crippen LogP contribution in [0.4, 0.5) is 4.79 Å². The molecule has 232 valence electrons. The van der Waals surface area contributed by atoms with Crippen LogP contribution in [0.3, 0.4) is 0 Å². The predicted molar refractivity (Wildman–Crippen MR) is 161 cm³/mol. The number of hydrogen-bond donors (Lipinski definition) is 2. The van der Waals surface area contributed by atoms with Gasteiger partial charge in [0.15, 0.2) is 0 Å². The van der Waals surface area contributed by atoms with E-state index in [2.05, 4.69) is 54.0 Å². The number of likely N-dealkylation sites (tertiary alicyclic amines) is 2. The van der Waals surface area contributed by atoms with Gasteiger partial charge in [0.2, 0.25) is 0 Å². The Bertz CT molecular complexity index is 1270. The van der Waals surface area contributed by atoms with Gasteiger partial charge in [-0.25, -0.2) is 14.8 Å². The highest BCUT2D eigenvalue weighted by atomic mass is 16.6. The number of ether oxygens (including phenoxy) is 2. The van der Waals surface area contributed by atoms with Crippen molar-refractivity contribution in [1.29, 1.82) is 0 Å². The molecule has 0 bridgehead atoms. The van der Waals surface area contributed by atoms with E-state index in [0.717, 1.165) is 49.6 Å². The Morgan fingerprint density at radius 2 is 1.58 bits per heavy atom. The van der Waals surface area contributed by atoms with Gasteiger partial charge in [0.25, 0.3) is 0 Å². The highest BCUT2D eigenvalue weighted by molar-refractivity contribution is 5.76. The number of aromatic nitrogens is 4. The quantitative estimate of drug-likeness (QED) is 0.331. The molecule has 11 heteroatoms. The van der Waals surface area contributed by atoms with Crippen LogP contribution in [0.15, 0.2) is 49.1 Å². The van der Waals surface area contributed by atoms with Crippen LogP contribution in [-0.4, -0.2) is 84.6 Å². The van der Waals surface area contributed by atoms with E-state index in [1.54, 1.807) is 17.3 Å². The first-order chi connectivity index (χ1) is 20.6. The van der Waals surface area contributed by atoms with Crippen molar-refractivity contribution in [2.75, 3.05) is 26.2 Å². The molecule has 1 spiro atoms. The van der Waals surface area contributed by atoms with E-state index in [9.17, 15) is 9.59 Å². The lowest BCUT2D eigenvalue weighted by Gasteiger charge is -2.39. The van der Waals surface area contributed by atoms with Crippen molar-refractivity contribution >= 4 is 12.1 Å². The number of carbonyl (C=O) groups excluding carboxylic acids is 2. The fraction of sp³-hybridized carbons (Fsp3) is 0.562. The zero-order valence-corrected chi connectivity index (χ0v) is 25.8. The summed E-state index contributed by atoms with van der Waals surface area (Å²) in [6.45, 7) is 12.7. The van der Waals surface area contributed by atoms with E-state index in [0.29, 0.717) is 39.3 Å². The van der Waals surface area contributed by atoms with Gasteiger partial charge < -0.3 is 24.3 Å². The van der Waals surface area contributed by atoms with Crippen molar-refractivity contribution in [3.63, 3.8) is 0 Å². The summed E-state index contributed by atoms with van der Waals surface area (Å²) >= 11 is 0. The minimum atomic E-state index is -0.516. The number of H-pyrrole nitrogens is 2. The molecule has 4 heterocycles. The molecule has 1 amide bonds. The zero-order valence-electron chi connectivity index (χ0n) is 25.8. The average Bonchev–Trinajstić information content (AvgIpc) is 3.72. The van der Waals surface area contributed by atoms with Crippen molar-refractivity contribution in [1.82, 2.24) is 34.6 Å². The van der Waals surface area contributed by atoms with E-state index in [4.69, 9.17) is 9.47 Å². The molecule has 2 aromatic heterocycles.